The van der Waals surface area contributed by atoms with E-state index in [-0.39, 0.29) is 11.7 Å². The molecule has 0 spiro atoms. The molecule has 1 aliphatic heterocycles. The van der Waals surface area contributed by atoms with Crippen molar-refractivity contribution in [1.82, 2.24) is 14.8 Å². The first kappa shape index (κ1) is 20.5. The molecule has 1 aromatic heterocycles. The average molecular weight is 401 g/mol. The van der Waals surface area contributed by atoms with Crippen molar-refractivity contribution in [2.24, 2.45) is 0 Å². The van der Waals surface area contributed by atoms with Gasteiger partial charge in [0.2, 0.25) is 0 Å². The highest BCUT2D eigenvalue weighted by molar-refractivity contribution is 5.99. The number of aromatic nitrogens is 1. The lowest BCUT2D eigenvalue weighted by Gasteiger charge is -2.24. The standard InChI is InChI=1S/C20H24FN5O3/c1-13-3-5-15(10-22-13)23-19(27)24-18-9-14(4-6-17(18)21)11-25(2)16-7-8-26(12-16)20(28)29/h3-6,9-10,16H,7-8,11-12H2,1-2H3,(H,28,29)(H2,23,24,27)/t16-/m1/s1. The van der Waals surface area contributed by atoms with Gasteiger partial charge < -0.3 is 20.6 Å². The van der Waals surface area contributed by atoms with Gasteiger partial charge in [-0.15, -0.1) is 0 Å². The highest BCUT2D eigenvalue weighted by atomic mass is 19.1. The maximum absolute atomic E-state index is 14.2. The highest BCUT2D eigenvalue weighted by Crippen LogP contribution is 2.21. The number of carbonyl (C=O) groups excluding carboxylic acids is 1. The number of halogens is 1. The van der Waals surface area contributed by atoms with Gasteiger partial charge >= 0.3 is 12.1 Å². The minimum Gasteiger partial charge on any atom is -0.465 e. The quantitative estimate of drug-likeness (QED) is 0.714. The second kappa shape index (κ2) is 8.87. The molecule has 154 valence electrons. The average Bonchev–Trinajstić information content (AvgIpc) is 3.17. The van der Waals surface area contributed by atoms with E-state index in [0.29, 0.717) is 25.3 Å². The lowest BCUT2D eigenvalue weighted by molar-refractivity contribution is 0.149. The Kier molecular flexibility index (Phi) is 6.28. The molecular formula is C20H24FN5O3. The number of aryl methyl sites for hydroxylation is 1. The Morgan fingerprint density at radius 1 is 1.31 bits per heavy atom. The summed E-state index contributed by atoms with van der Waals surface area (Å²) in [6, 6.07) is 7.57. The van der Waals surface area contributed by atoms with Crippen LogP contribution >= 0.6 is 0 Å². The summed E-state index contributed by atoms with van der Waals surface area (Å²) in [5.74, 6) is -0.536. The maximum Gasteiger partial charge on any atom is 0.407 e. The van der Waals surface area contributed by atoms with Gasteiger partial charge in [0, 0.05) is 31.4 Å². The number of rotatable bonds is 5. The largest absolute Gasteiger partial charge is 0.465 e. The van der Waals surface area contributed by atoms with E-state index in [2.05, 4.69) is 15.6 Å². The zero-order valence-corrected chi connectivity index (χ0v) is 16.4. The normalized spacial score (nSPS) is 16.1. The highest BCUT2D eigenvalue weighted by Gasteiger charge is 2.28. The lowest BCUT2D eigenvalue weighted by atomic mass is 10.1. The zero-order valence-electron chi connectivity index (χ0n) is 16.4. The monoisotopic (exact) mass is 401 g/mol. The van der Waals surface area contributed by atoms with E-state index in [1.165, 1.54) is 17.2 Å². The number of carbonyl (C=O) groups is 2. The van der Waals surface area contributed by atoms with Crippen LogP contribution in [0, 0.1) is 12.7 Å². The van der Waals surface area contributed by atoms with Gasteiger partial charge in [0.15, 0.2) is 0 Å². The topological polar surface area (TPSA) is 97.8 Å². The van der Waals surface area contributed by atoms with Crippen molar-refractivity contribution in [3.63, 3.8) is 0 Å². The molecule has 3 N–H and O–H groups in total. The van der Waals surface area contributed by atoms with Crippen LogP contribution in [0.1, 0.15) is 17.7 Å². The number of urea groups is 1. The van der Waals surface area contributed by atoms with Gasteiger partial charge in [0.25, 0.3) is 0 Å². The van der Waals surface area contributed by atoms with E-state index in [0.717, 1.165) is 17.7 Å². The molecule has 1 fully saturated rings. The SMILES string of the molecule is Cc1ccc(NC(=O)Nc2cc(CN(C)[C@@H]3CCN(C(=O)O)C3)ccc2F)cn1. The van der Waals surface area contributed by atoms with E-state index in [1.54, 1.807) is 24.3 Å². The fourth-order valence-corrected chi connectivity index (χ4v) is 3.29. The maximum atomic E-state index is 14.2. The van der Waals surface area contributed by atoms with Crippen LogP contribution in [0.2, 0.25) is 0 Å². The molecule has 0 radical (unpaired) electrons. The molecule has 0 bridgehead atoms. The van der Waals surface area contributed by atoms with Gasteiger partial charge in [-0.2, -0.15) is 0 Å². The van der Waals surface area contributed by atoms with Crippen molar-refractivity contribution in [1.29, 1.82) is 0 Å². The van der Waals surface area contributed by atoms with Gasteiger partial charge in [-0.3, -0.25) is 9.88 Å². The molecule has 29 heavy (non-hydrogen) atoms. The molecule has 1 aromatic carbocycles. The molecule has 0 unspecified atom stereocenters. The van der Waals surface area contributed by atoms with Gasteiger partial charge in [0.1, 0.15) is 5.82 Å². The number of pyridine rings is 1. The summed E-state index contributed by atoms with van der Waals surface area (Å²) in [5, 5.41) is 14.2. The van der Waals surface area contributed by atoms with Crippen molar-refractivity contribution in [3.8, 4) is 0 Å². The van der Waals surface area contributed by atoms with Crippen LogP contribution in [-0.4, -0.2) is 58.2 Å². The van der Waals surface area contributed by atoms with Crippen molar-refractivity contribution >= 4 is 23.5 Å². The molecule has 1 atom stereocenters. The Balaban J connectivity index is 1.61. The number of benzene rings is 1. The summed E-state index contributed by atoms with van der Waals surface area (Å²) in [6.45, 7) is 3.31. The Morgan fingerprint density at radius 2 is 2.10 bits per heavy atom. The number of nitrogens with one attached hydrogen (secondary N) is 2. The molecule has 0 aliphatic carbocycles. The number of hydrogen-bond acceptors (Lipinski definition) is 4. The van der Waals surface area contributed by atoms with Crippen LogP contribution < -0.4 is 10.6 Å². The molecule has 2 heterocycles. The number of nitrogens with zero attached hydrogens (tertiary/aromatic N) is 3. The van der Waals surface area contributed by atoms with E-state index < -0.39 is 17.9 Å². The van der Waals surface area contributed by atoms with Gasteiger partial charge in [-0.1, -0.05) is 6.07 Å². The Labute approximate surface area is 168 Å². The summed E-state index contributed by atoms with van der Waals surface area (Å²) in [4.78, 5) is 30.8. The predicted octanol–water partition coefficient (Wildman–Crippen LogP) is 3.36. The lowest BCUT2D eigenvalue weighted by Crippen LogP contribution is -2.35. The Bertz CT molecular complexity index is 890. The third kappa shape index (κ3) is 5.41. The number of amides is 3. The molecular weight excluding hydrogens is 377 g/mol. The smallest absolute Gasteiger partial charge is 0.407 e. The molecule has 3 rings (SSSR count). The number of carboxylic acid groups (broad SMARTS) is 1. The Hall–Kier alpha value is -3.20. The summed E-state index contributed by atoms with van der Waals surface area (Å²) in [5.41, 5.74) is 2.23. The molecule has 8 nitrogen and oxygen atoms in total. The van der Waals surface area contributed by atoms with E-state index in [9.17, 15) is 14.0 Å². The fourth-order valence-electron chi connectivity index (χ4n) is 3.29. The second-order valence-electron chi connectivity index (χ2n) is 7.17. The number of likely N-dealkylation sites (N-methyl/N-ethyl adjacent to an activating group) is 1. The third-order valence-corrected chi connectivity index (χ3v) is 4.94. The van der Waals surface area contributed by atoms with Crippen LogP contribution in [0.25, 0.3) is 0 Å². The van der Waals surface area contributed by atoms with E-state index in [4.69, 9.17) is 5.11 Å². The van der Waals surface area contributed by atoms with E-state index in [1.807, 2.05) is 18.9 Å². The first-order valence-corrected chi connectivity index (χ1v) is 9.29. The first-order valence-electron chi connectivity index (χ1n) is 9.29. The van der Waals surface area contributed by atoms with Gasteiger partial charge in [-0.05, 0) is 50.2 Å². The molecule has 1 saturated heterocycles. The van der Waals surface area contributed by atoms with Crippen molar-refractivity contribution in [3.05, 3.63) is 53.6 Å². The van der Waals surface area contributed by atoms with Crippen LogP contribution in [0.4, 0.5) is 25.4 Å². The molecule has 1 aliphatic rings. The minimum absolute atomic E-state index is 0.0760. The molecule has 2 aromatic rings. The summed E-state index contributed by atoms with van der Waals surface area (Å²) < 4.78 is 14.2. The summed E-state index contributed by atoms with van der Waals surface area (Å²) in [6.07, 6.45) is 1.37. The van der Waals surface area contributed by atoms with Crippen LogP contribution in [0.15, 0.2) is 36.5 Å². The number of hydrogen-bond donors (Lipinski definition) is 3. The minimum atomic E-state index is -0.913. The third-order valence-electron chi connectivity index (χ3n) is 4.94. The van der Waals surface area contributed by atoms with E-state index >= 15 is 0 Å². The zero-order chi connectivity index (χ0) is 21.0. The van der Waals surface area contributed by atoms with Crippen molar-refractivity contribution in [2.45, 2.75) is 25.9 Å². The Morgan fingerprint density at radius 3 is 2.76 bits per heavy atom. The molecule has 0 saturated carbocycles. The van der Waals surface area contributed by atoms with Crippen LogP contribution in [-0.2, 0) is 6.54 Å². The number of likely N-dealkylation sites (tertiary alicyclic amines) is 1. The predicted molar refractivity (Wildman–Crippen MR) is 107 cm³/mol. The number of anilines is 2. The van der Waals surface area contributed by atoms with Crippen LogP contribution in [0.5, 0.6) is 0 Å². The van der Waals surface area contributed by atoms with Crippen molar-refractivity contribution < 1.29 is 19.1 Å². The molecule has 9 heteroatoms. The summed E-state index contributed by atoms with van der Waals surface area (Å²) >= 11 is 0. The van der Waals surface area contributed by atoms with Crippen molar-refractivity contribution in [2.75, 3.05) is 30.8 Å². The summed E-state index contributed by atoms with van der Waals surface area (Å²) in [7, 11) is 1.91. The molecule has 3 amide bonds. The first-order chi connectivity index (χ1) is 13.8. The van der Waals surface area contributed by atoms with Gasteiger partial charge in [-0.25, -0.2) is 14.0 Å². The van der Waals surface area contributed by atoms with Gasteiger partial charge in [0.05, 0.1) is 17.6 Å². The van der Waals surface area contributed by atoms with Crippen LogP contribution in [0.3, 0.4) is 0 Å². The fraction of sp³-hybridized carbons (Fsp3) is 0.350. The second-order valence-corrected chi connectivity index (χ2v) is 7.17.